The van der Waals surface area contributed by atoms with Gasteiger partial charge in [0.05, 0.1) is 34.4 Å². The Labute approximate surface area is 355 Å². The van der Waals surface area contributed by atoms with Crippen molar-refractivity contribution < 1.29 is 37.3 Å². The van der Waals surface area contributed by atoms with Crippen molar-refractivity contribution in [3.8, 4) is 0 Å². The average Bonchev–Trinajstić information content (AvgIpc) is 3.16. The van der Waals surface area contributed by atoms with Gasteiger partial charge in [-0.25, -0.2) is 0 Å². The molecule has 0 radical (unpaired) electrons. The molecule has 0 rings (SSSR count). The number of ether oxygens (including phenoxy) is 2. The SMILES string of the molecule is CCCCCCCCCCCCCCCCCCCCOC[C@H](COP(=O)([O-])OCC[N+](C)(C)C)OC(=O)CCCCCCCCCCCCCCCCCCC. The minimum Gasteiger partial charge on any atom is -0.756 e. The Kier molecular flexibility index (Phi) is 41.8. The van der Waals surface area contributed by atoms with E-state index in [-0.39, 0.29) is 25.8 Å². The summed E-state index contributed by atoms with van der Waals surface area (Å²) in [5.41, 5.74) is 0. The number of carbonyl (C=O) groups is 1. The Balaban J connectivity index is 4.11. The number of likely N-dealkylation sites (N-methyl/N-ethyl adjacent to an activating group) is 1. The Morgan fingerprint density at radius 1 is 0.474 bits per heavy atom. The molecule has 0 saturated carbocycles. The zero-order valence-electron chi connectivity index (χ0n) is 38.8. The van der Waals surface area contributed by atoms with Crippen molar-refractivity contribution in [2.75, 3.05) is 54.1 Å². The van der Waals surface area contributed by atoms with Crippen molar-refractivity contribution in [3.63, 3.8) is 0 Å². The van der Waals surface area contributed by atoms with E-state index in [0.717, 1.165) is 32.1 Å². The highest BCUT2D eigenvalue weighted by Gasteiger charge is 2.20. The van der Waals surface area contributed by atoms with Gasteiger partial charge in [0.1, 0.15) is 19.3 Å². The predicted octanol–water partition coefficient (Wildman–Crippen LogP) is 14.2. The highest BCUT2D eigenvalue weighted by atomic mass is 31.2. The first kappa shape index (κ1) is 56.5. The molecule has 0 aromatic rings. The first-order valence-corrected chi connectivity index (χ1v) is 26.2. The number of unbranched alkanes of at least 4 members (excludes halogenated alkanes) is 33. The lowest BCUT2D eigenvalue weighted by Gasteiger charge is -2.28. The van der Waals surface area contributed by atoms with Crippen LogP contribution in [0, 0.1) is 0 Å². The second-order valence-corrected chi connectivity index (χ2v) is 19.6. The second-order valence-electron chi connectivity index (χ2n) is 18.2. The molecule has 0 fully saturated rings. The molecule has 0 aliphatic heterocycles. The topological polar surface area (TPSA) is 94.1 Å². The summed E-state index contributed by atoms with van der Waals surface area (Å²) >= 11 is 0. The fourth-order valence-electron chi connectivity index (χ4n) is 7.31. The van der Waals surface area contributed by atoms with Crippen molar-refractivity contribution in [1.82, 2.24) is 0 Å². The maximum absolute atomic E-state index is 12.7. The van der Waals surface area contributed by atoms with Crippen LogP contribution in [0.2, 0.25) is 0 Å². The monoisotopic (exact) mass is 832 g/mol. The third kappa shape index (κ3) is 46.4. The number of phosphoric ester groups is 1. The van der Waals surface area contributed by atoms with E-state index in [1.807, 2.05) is 21.1 Å². The van der Waals surface area contributed by atoms with Crippen molar-refractivity contribution >= 4 is 13.8 Å². The highest BCUT2D eigenvalue weighted by Crippen LogP contribution is 2.38. The summed E-state index contributed by atoms with van der Waals surface area (Å²) < 4.78 is 34.7. The van der Waals surface area contributed by atoms with Crippen LogP contribution >= 0.6 is 7.82 Å². The molecule has 0 N–H and O–H groups in total. The van der Waals surface area contributed by atoms with Crippen LogP contribution in [0.1, 0.15) is 245 Å². The summed E-state index contributed by atoms with van der Waals surface area (Å²) in [6, 6.07) is 0. The molecule has 342 valence electrons. The number of hydrogen-bond acceptors (Lipinski definition) is 7. The number of phosphoric acid groups is 1. The van der Waals surface area contributed by atoms with Gasteiger partial charge < -0.3 is 27.9 Å². The van der Waals surface area contributed by atoms with Gasteiger partial charge in [-0.1, -0.05) is 226 Å². The molecule has 1 unspecified atom stereocenters. The largest absolute Gasteiger partial charge is 0.756 e. The lowest BCUT2D eigenvalue weighted by Crippen LogP contribution is -2.37. The smallest absolute Gasteiger partial charge is 0.306 e. The number of esters is 1. The van der Waals surface area contributed by atoms with Gasteiger partial charge in [0.15, 0.2) is 0 Å². The van der Waals surface area contributed by atoms with Crippen molar-refractivity contribution in [2.45, 2.75) is 251 Å². The maximum Gasteiger partial charge on any atom is 0.306 e. The number of carbonyl (C=O) groups excluding carboxylic acids is 1. The van der Waals surface area contributed by atoms with E-state index in [1.165, 1.54) is 193 Å². The Bertz CT molecular complexity index is 883. The normalized spacial score (nSPS) is 13.6. The van der Waals surface area contributed by atoms with Gasteiger partial charge in [-0.15, -0.1) is 0 Å². The van der Waals surface area contributed by atoms with E-state index in [0.29, 0.717) is 24.1 Å². The fourth-order valence-corrected chi connectivity index (χ4v) is 8.04. The lowest BCUT2D eigenvalue weighted by atomic mass is 10.0. The number of nitrogens with zero attached hydrogens (tertiary/aromatic N) is 1. The zero-order valence-corrected chi connectivity index (χ0v) is 39.7. The van der Waals surface area contributed by atoms with Gasteiger partial charge in [-0.2, -0.15) is 0 Å². The van der Waals surface area contributed by atoms with Crippen LogP contribution < -0.4 is 4.89 Å². The van der Waals surface area contributed by atoms with Crippen molar-refractivity contribution in [2.24, 2.45) is 0 Å². The minimum absolute atomic E-state index is 0.0316. The van der Waals surface area contributed by atoms with Gasteiger partial charge in [0.25, 0.3) is 7.82 Å². The summed E-state index contributed by atoms with van der Waals surface area (Å²) in [6.45, 7) is 5.49. The Morgan fingerprint density at radius 2 is 0.807 bits per heavy atom. The number of rotatable bonds is 47. The molecule has 0 spiro atoms. The molecule has 0 aromatic carbocycles. The molecule has 2 atom stereocenters. The van der Waals surface area contributed by atoms with Crippen LogP contribution in [0.25, 0.3) is 0 Å². The van der Waals surface area contributed by atoms with Crippen molar-refractivity contribution in [3.05, 3.63) is 0 Å². The molecule has 8 nitrogen and oxygen atoms in total. The fraction of sp³-hybridized carbons (Fsp3) is 0.979. The molecule has 0 aliphatic rings. The van der Waals surface area contributed by atoms with Crippen LogP contribution in [-0.4, -0.2) is 70.7 Å². The van der Waals surface area contributed by atoms with E-state index in [1.54, 1.807) is 0 Å². The molecule has 9 heteroatoms. The molecule has 0 amide bonds. The van der Waals surface area contributed by atoms with Crippen molar-refractivity contribution in [1.29, 1.82) is 0 Å². The van der Waals surface area contributed by atoms with Crippen LogP contribution in [0.4, 0.5) is 0 Å². The molecular formula is C48H98NO7P. The summed E-state index contributed by atoms with van der Waals surface area (Å²) in [7, 11) is 1.38. The van der Waals surface area contributed by atoms with Gasteiger partial charge in [-0.05, 0) is 12.8 Å². The van der Waals surface area contributed by atoms with E-state index in [2.05, 4.69) is 13.8 Å². The minimum atomic E-state index is -4.52. The summed E-state index contributed by atoms with van der Waals surface area (Å²) in [6.07, 6.45) is 45.4. The zero-order chi connectivity index (χ0) is 42.0. The number of hydrogen-bond donors (Lipinski definition) is 0. The first-order chi connectivity index (χ1) is 27.6. The van der Waals surface area contributed by atoms with Crippen LogP contribution in [-0.2, 0) is 27.9 Å². The second kappa shape index (κ2) is 42.2. The predicted molar refractivity (Wildman–Crippen MR) is 241 cm³/mol. The van der Waals surface area contributed by atoms with Gasteiger partial charge in [0, 0.05) is 13.0 Å². The summed E-state index contributed by atoms with van der Waals surface area (Å²) in [4.78, 5) is 25.1. The summed E-state index contributed by atoms with van der Waals surface area (Å²) in [5, 5.41) is 0. The third-order valence-corrected chi connectivity index (χ3v) is 12.1. The molecule has 0 aliphatic carbocycles. The molecule has 0 saturated heterocycles. The van der Waals surface area contributed by atoms with E-state index in [9.17, 15) is 14.3 Å². The van der Waals surface area contributed by atoms with Crippen LogP contribution in [0.5, 0.6) is 0 Å². The summed E-state index contributed by atoms with van der Waals surface area (Å²) in [5.74, 6) is -0.326. The van der Waals surface area contributed by atoms with Crippen LogP contribution in [0.15, 0.2) is 0 Å². The lowest BCUT2D eigenvalue weighted by molar-refractivity contribution is -0.870. The van der Waals surface area contributed by atoms with Crippen LogP contribution in [0.3, 0.4) is 0 Å². The Morgan fingerprint density at radius 3 is 1.16 bits per heavy atom. The van der Waals surface area contributed by atoms with E-state index in [4.69, 9.17) is 18.5 Å². The first-order valence-electron chi connectivity index (χ1n) is 24.8. The molecule has 0 heterocycles. The third-order valence-electron chi connectivity index (χ3n) is 11.2. The molecule has 57 heavy (non-hydrogen) atoms. The Hall–Kier alpha value is -0.500. The quantitative estimate of drug-likeness (QED) is 0.0261. The average molecular weight is 832 g/mol. The van der Waals surface area contributed by atoms with Gasteiger partial charge in [-0.3, -0.25) is 9.36 Å². The van der Waals surface area contributed by atoms with E-state index < -0.39 is 13.9 Å². The maximum atomic E-state index is 12.7. The number of quaternary nitrogens is 1. The molecular weight excluding hydrogens is 734 g/mol. The van der Waals surface area contributed by atoms with Gasteiger partial charge >= 0.3 is 5.97 Å². The van der Waals surface area contributed by atoms with Gasteiger partial charge in [0.2, 0.25) is 0 Å². The standard InChI is InChI=1S/C48H98NO7P/c1-6-8-10-12-14-16-18-20-22-24-26-28-30-32-34-36-38-40-43-53-45-47(46-55-57(51,52)54-44-42-49(3,4)5)56-48(50)41-39-37-35-33-31-29-27-25-23-21-19-17-15-13-11-9-7-2/h47H,6-46H2,1-5H3/t47-/m1/s1. The molecule has 0 aromatic heterocycles. The molecule has 0 bridgehead atoms. The highest BCUT2D eigenvalue weighted by molar-refractivity contribution is 7.45. The van der Waals surface area contributed by atoms with E-state index >= 15 is 0 Å².